The van der Waals surface area contributed by atoms with Crippen LogP contribution in [0.3, 0.4) is 0 Å². The molecule has 0 heterocycles. The largest absolute Gasteiger partial charge is 1.00 e. The van der Waals surface area contributed by atoms with Crippen molar-refractivity contribution < 1.29 is 35.3 Å². The minimum atomic E-state index is 0. The fourth-order valence-corrected chi connectivity index (χ4v) is 0. The maximum Gasteiger partial charge on any atom is 1.00 e. The van der Waals surface area contributed by atoms with E-state index in [1.165, 1.54) is 7.11 Å². The van der Waals surface area contributed by atoms with E-state index in [-0.39, 0.29) is 25.8 Å². The molecule has 0 saturated heterocycles. The molecule has 0 amide bonds. The maximum absolute atomic E-state index is 8.95. The molecule has 3 nitrogen and oxygen atoms in total. The Labute approximate surface area is 49.6 Å². The average Bonchev–Trinajstić information content (AvgIpc) is 1.37. The number of carbonyl (C=O) groups is 1. The fourth-order valence-electron chi connectivity index (χ4n) is 0. The quantitative estimate of drug-likeness (QED) is 0.242. The van der Waals surface area contributed by atoms with Crippen molar-refractivity contribution in [2.24, 2.45) is 0 Å². The zero-order valence-corrected chi connectivity index (χ0v) is 3.89. The topological polar surface area (TPSA) is 57.8 Å². The first-order valence-electron chi connectivity index (χ1n) is 0.880. The summed E-state index contributed by atoms with van der Waals surface area (Å²) in [5.74, 6) is 0. The van der Waals surface area contributed by atoms with Crippen LogP contribution in [0.5, 0.6) is 0 Å². The number of rotatable bonds is 1. The van der Waals surface area contributed by atoms with E-state index in [4.69, 9.17) is 4.79 Å². The predicted octanol–water partition coefficient (Wildman–Crippen LogP) is -3.92. The Balaban J connectivity index is -0.0000000150. The van der Waals surface area contributed by atoms with E-state index in [9.17, 15) is 0 Å². The van der Waals surface area contributed by atoms with Crippen LogP contribution in [0.4, 0.5) is 0 Å². The summed E-state index contributed by atoms with van der Waals surface area (Å²) in [6.45, 7) is 0.375. The predicted molar refractivity (Wildman–Crippen MR) is 17.8 cm³/mol. The van der Waals surface area contributed by atoms with E-state index < -0.39 is 0 Å². The smallest absolute Gasteiger partial charge is 1.00 e. The summed E-state index contributed by atoms with van der Waals surface area (Å²) in [5.41, 5.74) is 0. The van der Waals surface area contributed by atoms with Crippen LogP contribution in [-0.4, -0.2) is 19.1 Å². The van der Waals surface area contributed by atoms with Crippen molar-refractivity contribution in [2.45, 2.75) is 0 Å². The zero-order valence-electron chi connectivity index (χ0n) is 4.89. The summed E-state index contributed by atoms with van der Waals surface area (Å²) >= 11 is 0. The molecule has 0 aliphatic heterocycles. The van der Waals surface area contributed by atoms with Crippen LogP contribution in [0.15, 0.2) is 0 Å². The monoisotopic (exact) mass is 86.1 g/mol. The van der Waals surface area contributed by atoms with Gasteiger partial charge in [-0.3, -0.25) is 4.79 Å². The normalized spacial score (nSPS) is 3.50. The van der Waals surface area contributed by atoms with Crippen LogP contribution in [0, 0.1) is 0 Å². The van der Waals surface area contributed by atoms with Crippen molar-refractivity contribution in [2.75, 3.05) is 7.11 Å². The minimum Gasteiger partial charge on any atom is -1.00 e. The molecule has 0 atom stereocenters. The van der Waals surface area contributed by atoms with Crippen molar-refractivity contribution in [1.82, 2.24) is 0 Å². The van der Waals surface area contributed by atoms with Crippen molar-refractivity contribution >= 4 is 6.47 Å². The first kappa shape index (κ1) is 16.6. The van der Waals surface area contributed by atoms with E-state index in [0.29, 0.717) is 6.47 Å². The van der Waals surface area contributed by atoms with Crippen LogP contribution in [0.25, 0.3) is 0 Å². The van der Waals surface area contributed by atoms with E-state index in [2.05, 4.69) is 4.74 Å². The van der Waals surface area contributed by atoms with E-state index in [1.54, 1.807) is 0 Å². The molecule has 0 aliphatic rings. The van der Waals surface area contributed by atoms with Crippen molar-refractivity contribution in [3.8, 4) is 0 Å². The van der Waals surface area contributed by atoms with Crippen LogP contribution in [0.1, 0.15) is 1.43 Å². The molecule has 0 aromatic heterocycles. The van der Waals surface area contributed by atoms with E-state index in [1.807, 2.05) is 0 Å². The van der Waals surface area contributed by atoms with Gasteiger partial charge in [-0.05, 0) is 0 Å². The van der Waals surface area contributed by atoms with Crippen LogP contribution < -0.4 is 18.9 Å². The molecule has 0 aliphatic carbocycles. The summed E-state index contributed by atoms with van der Waals surface area (Å²) in [4.78, 5) is 8.95. The average molecular weight is 86.0 g/mol. The van der Waals surface area contributed by atoms with Gasteiger partial charge in [0.25, 0.3) is 6.47 Å². The summed E-state index contributed by atoms with van der Waals surface area (Å²) in [7, 11) is 1.31. The third-order valence-electron chi connectivity index (χ3n) is 0.0962. The van der Waals surface area contributed by atoms with Gasteiger partial charge in [-0.1, -0.05) is 0 Å². The molecule has 34 valence electrons. The second kappa shape index (κ2) is 19.8. The third kappa shape index (κ3) is 35.0. The number of carbonyl (C=O) groups excluding carboxylic acids is 1. The Hall–Kier alpha value is 0.0274. The fraction of sp³-hybridized carbons (Fsp3) is 0.500. The number of hydrogen-bond acceptors (Lipinski definition) is 2. The second-order valence-corrected chi connectivity index (χ2v) is 0.332. The Morgan fingerprint density at radius 1 is 1.83 bits per heavy atom. The van der Waals surface area contributed by atoms with Crippen LogP contribution in [-0.2, 0) is 9.53 Å². The molecule has 0 aromatic rings. The molecular weight excluding hydrogens is 79.0 g/mol. The van der Waals surface area contributed by atoms with Crippen molar-refractivity contribution in [3.05, 3.63) is 0 Å². The van der Waals surface area contributed by atoms with Crippen molar-refractivity contribution in [3.63, 3.8) is 0 Å². The molecule has 0 rings (SSSR count). The summed E-state index contributed by atoms with van der Waals surface area (Å²) in [5, 5.41) is 0. The summed E-state index contributed by atoms with van der Waals surface area (Å²) in [6.07, 6.45) is 0. The van der Waals surface area contributed by atoms with Gasteiger partial charge in [-0.2, -0.15) is 0 Å². The molecule has 0 fully saturated rings. The van der Waals surface area contributed by atoms with Gasteiger partial charge in [-0.25, -0.2) is 0 Å². The number of hydrogen-bond donors (Lipinski definition) is 0. The van der Waals surface area contributed by atoms with Gasteiger partial charge in [-0.15, -0.1) is 0 Å². The second-order valence-electron chi connectivity index (χ2n) is 0.332. The van der Waals surface area contributed by atoms with Gasteiger partial charge in [0, 0.05) is 0 Å². The van der Waals surface area contributed by atoms with Crippen LogP contribution in [0.2, 0.25) is 0 Å². The Bertz CT molecular complexity index is 26.9. The Kier molecular flexibility index (Phi) is 55.0. The molecule has 0 saturated carbocycles. The molecule has 0 spiro atoms. The molecule has 0 bridgehead atoms. The first-order valence-corrected chi connectivity index (χ1v) is 0.880. The first-order chi connectivity index (χ1) is 1.91. The number of ether oxygens (including phenoxy) is 1. The molecule has 4 heteroatoms. The van der Waals surface area contributed by atoms with Gasteiger partial charge >= 0.3 is 18.9 Å². The molecule has 0 aromatic carbocycles. The maximum atomic E-state index is 8.95. The Morgan fingerprint density at radius 3 is 2.00 bits per heavy atom. The summed E-state index contributed by atoms with van der Waals surface area (Å²) < 4.78 is 3.86. The van der Waals surface area contributed by atoms with Gasteiger partial charge < -0.3 is 11.6 Å². The molecule has 2 N–H and O–H groups in total. The molecule has 0 unspecified atom stereocenters. The van der Waals surface area contributed by atoms with E-state index >= 15 is 0 Å². The van der Waals surface area contributed by atoms with Gasteiger partial charge in [0.2, 0.25) is 0 Å². The van der Waals surface area contributed by atoms with Crippen LogP contribution >= 0.6 is 0 Å². The minimum absolute atomic E-state index is 0. The third-order valence-corrected chi connectivity index (χ3v) is 0.0962. The van der Waals surface area contributed by atoms with Gasteiger partial charge in [0.15, 0.2) is 0 Å². The van der Waals surface area contributed by atoms with E-state index in [0.717, 1.165) is 0 Å². The van der Waals surface area contributed by atoms with Gasteiger partial charge in [0.05, 0.1) is 7.11 Å². The van der Waals surface area contributed by atoms with Gasteiger partial charge in [0.1, 0.15) is 0 Å². The molecule has 0 radical (unpaired) electrons. The molecule has 6 heavy (non-hydrogen) atoms. The van der Waals surface area contributed by atoms with Crippen molar-refractivity contribution in [1.29, 1.82) is 0 Å². The standard InChI is InChI=1S/C2H4O2.Li.H2O.H/c1-4-2-3;;;/h2H,1H3;;1H2;/q;+1;;-1. The Morgan fingerprint density at radius 2 is 2.00 bits per heavy atom. The molecular formula is C2H7LiO3. The zero-order chi connectivity index (χ0) is 3.41. The summed E-state index contributed by atoms with van der Waals surface area (Å²) in [6, 6.07) is 0. The number of methoxy groups -OCH3 is 1. The SMILES string of the molecule is COC=O.O.[H-].[Li+].